The molecule has 0 spiro atoms. The second kappa shape index (κ2) is 3.78. The summed E-state index contributed by atoms with van der Waals surface area (Å²) < 4.78 is 24.2. The number of H-pyrrole nitrogens is 1. The van der Waals surface area contributed by atoms with Gasteiger partial charge in [0.25, 0.3) is 15.0 Å². The molecule has 8 heteroatoms. The van der Waals surface area contributed by atoms with E-state index in [1.54, 1.807) is 12.3 Å². The standard InChI is InChI=1S/C9H10ClN3O3S/c1-11-8(14)7-5-3-4-12-6(5)9(13(7)2)17(10,15)16/h3-4,12H,1-2H3,(H,11,14). The van der Waals surface area contributed by atoms with E-state index in [0.29, 0.717) is 10.9 Å². The van der Waals surface area contributed by atoms with Gasteiger partial charge in [0.15, 0.2) is 5.03 Å². The molecule has 0 aliphatic carbocycles. The maximum Gasteiger partial charge on any atom is 0.278 e. The molecule has 2 N–H and O–H groups in total. The van der Waals surface area contributed by atoms with E-state index in [1.807, 2.05) is 0 Å². The Labute approximate surface area is 102 Å². The molecule has 6 nitrogen and oxygen atoms in total. The maximum absolute atomic E-state index is 11.7. The molecule has 0 unspecified atom stereocenters. The van der Waals surface area contributed by atoms with Crippen molar-refractivity contribution in [3.05, 3.63) is 18.0 Å². The van der Waals surface area contributed by atoms with Crippen LogP contribution in [-0.4, -0.2) is 30.9 Å². The Bertz CT molecular complexity index is 698. The molecule has 1 amide bonds. The number of carbonyl (C=O) groups is 1. The van der Waals surface area contributed by atoms with Crippen LogP contribution in [0.5, 0.6) is 0 Å². The van der Waals surface area contributed by atoms with E-state index in [0.717, 1.165) is 0 Å². The van der Waals surface area contributed by atoms with Gasteiger partial charge in [0.2, 0.25) is 0 Å². The molecule has 2 aromatic rings. The van der Waals surface area contributed by atoms with Gasteiger partial charge in [0.05, 0.1) is 5.52 Å². The summed E-state index contributed by atoms with van der Waals surface area (Å²) in [4.78, 5) is 14.5. The van der Waals surface area contributed by atoms with Crippen LogP contribution in [0, 0.1) is 0 Å². The third-order valence-corrected chi connectivity index (χ3v) is 3.91. The van der Waals surface area contributed by atoms with Crippen molar-refractivity contribution in [2.75, 3.05) is 7.05 Å². The average Bonchev–Trinajstić information content (AvgIpc) is 2.73. The quantitative estimate of drug-likeness (QED) is 0.795. The van der Waals surface area contributed by atoms with E-state index in [2.05, 4.69) is 10.3 Å². The number of nitrogens with one attached hydrogen (secondary N) is 2. The number of aromatic amines is 1. The number of carbonyl (C=O) groups excluding carboxylic acids is 1. The van der Waals surface area contributed by atoms with Crippen molar-refractivity contribution in [1.29, 1.82) is 0 Å². The summed E-state index contributed by atoms with van der Waals surface area (Å²) in [5, 5.41) is 2.86. The summed E-state index contributed by atoms with van der Waals surface area (Å²) in [6.07, 6.45) is 1.56. The summed E-state index contributed by atoms with van der Waals surface area (Å²) >= 11 is 0. The molecule has 0 aliphatic heterocycles. The van der Waals surface area contributed by atoms with Gasteiger partial charge in [0, 0.05) is 36.4 Å². The van der Waals surface area contributed by atoms with Gasteiger partial charge in [-0.2, -0.15) is 0 Å². The second-order valence-electron chi connectivity index (χ2n) is 3.50. The highest BCUT2D eigenvalue weighted by Crippen LogP contribution is 2.29. The fourth-order valence-corrected chi connectivity index (χ4v) is 3.25. The largest absolute Gasteiger partial charge is 0.359 e. The number of halogens is 1. The van der Waals surface area contributed by atoms with E-state index in [1.165, 1.54) is 18.7 Å². The first-order chi connectivity index (χ1) is 7.88. The van der Waals surface area contributed by atoms with Gasteiger partial charge >= 0.3 is 0 Å². The van der Waals surface area contributed by atoms with Crippen molar-refractivity contribution >= 4 is 36.5 Å². The minimum atomic E-state index is -3.93. The zero-order valence-corrected chi connectivity index (χ0v) is 10.7. The van der Waals surface area contributed by atoms with Gasteiger partial charge in [-0.15, -0.1) is 0 Å². The highest BCUT2D eigenvalue weighted by atomic mass is 35.7. The smallest absolute Gasteiger partial charge is 0.278 e. The number of rotatable bonds is 2. The molecule has 2 aromatic heterocycles. The molecule has 92 valence electrons. The first-order valence-electron chi connectivity index (χ1n) is 4.70. The monoisotopic (exact) mass is 275 g/mol. The van der Waals surface area contributed by atoms with Crippen LogP contribution >= 0.6 is 10.7 Å². The number of hydrogen-bond acceptors (Lipinski definition) is 3. The molecule has 0 aliphatic rings. The van der Waals surface area contributed by atoms with Gasteiger partial charge in [-0.25, -0.2) is 8.42 Å². The summed E-state index contributed by atoms with van der Waals surface area (Å²) in [5.41, 5.74) is 0.587. The second-order valence-corrected chi connectivity index (χ2v) is 5.98. The summed E-state index contributed by atoms with van der Waals surface area (Å²) in [7, 11) is 4.39. The number of amides is 1. The van der Waals surface area contributed by atoms with Crippen LogP contribution in [0.15, 0.2) is 17.3 Å². The summed E-state index contributed by atoms with van der Waals surface area (Å²) in [6, 6.07) is 1.63. The molecule has 0 saturated carbocycles. The van der Waals surface area contributed by atoms with Gasteiger partial charge in [-0.1, -0.05) is 0 Å². The topological polar surface area (TPSA) is 84.0 Å². The number of aromatic nitrogens is 2. The van der Waals surface area contributed by atoms with E-state index in [9.17, 15) is 13.2 Å². The highest BCUT2D eigenvalue weighted by molar-refractivity contribution is 8.13. The zero-order valence-electron chi connectivity index (χ0n) is 9.11. The summed E-state index contributed by atoms with van der Waals surface area (Å²) in [5.74, 6) is -0.372. The maximum atomic E-state index is 11.7. The predicted molar refractivity (Wildman–Crippen MR) is 63.7 cm³/mol. The van der Waals surface area contributed by atoms with E-state index in [4.69, 9.17) is 10.7 Å². The third-order valence-electron chi connectivity index (χ3n) is 2.53. The minimum absolute atomic E-state index is 0.113. The molecule has 0 saturated heterocycles. The zero-order chi connectivity index (χ0) is 12.8. The molecule has 0 aromatic carbocycles. The Hall–Kier alpha value is -1.47. The van der Waals surface area contributed by atoms with Crippen molar-refractivity contribution in [3.8, 4) is 0 Å². The molecule has 2 rings (SSSR count). The normalized spacial score (nSPS) is 11.9. The number of nitrogens with zero attached hydrogens (tertiary/aromatic N) is 1. The van der Waals surface area contributed by atoms with E-state index < -0.39 is 9.05 Å². The summed E-state index contributed by atoms with van der Waals surface area (Å²) in [6.45, 7) is 0. The molecule has 2 heterocycles. The molecule has 0 fully saturated rings. The number of hydrogen-bond donors (Lipinski definition) is 2. The van der Waals surface area contributed by atoms with Crippen molar-refractivity contribution in [3.63, 3.8) is 0 Å². The molecule has 17 heavy (non-hydrogen) atoms. The van der Waals surface area contributed by atoms with Gasteiger partial charge in [-0.05, 0) is 6.07 Å². The molecular weight excluding hydrogens is 266 g/mol. The van der Waals surface area contributed by atoms with Gasteiger partial charge < -0.3 is 14.9 Å². The van der Waals surface area contributed by atoms with Crippen molar-refractivity contribution in [2.24, 2.45) is 7.05 Å². The van der Waals surface area contributed by atoms with Crippen LogP contribution in [-0.2, 0) is 16.1 Å². The molecule has 0 bridgehead atoms. The first kappa shape index (κ1) is 12.0. The number of fused-ring (bicyclic) bond motifs is 1. The third kappa shape index (κ3) is 1.71. The van der Waals surface area contributed by atoms with Crippen molar-refractivity contribution < 1.29 is 13.2 Å². The lowest BCUT2D eigenvalue weighted by atomic mass is 10.3. The SMILES string of the molecule is CNC(=O)c1c2cc[nH]c2c(S(=O)(=O)Cl)n1C. The Morgan fingerprint density at radius 2 is 2.18 bits per heavy atom. The molecule has 0 atom stereocenters. The molecular formula is C9H10ClN3O3S. The van der Waals surface area contributed by atoms with Gasteiger partial charge in [-0.3, -0.25) is 4.79 Å². The van der Waals surface area contributed by atoms with Crippen LogP contribution in [0.4, 0.5) is 0 Å². The fourth-order valence-electron chi connectivity index (χ4n) is 1.87. The fraction of sp³-hybridized carbons (Fsp3) is 0.222. The highest BCUT2D eigenvalue weighted by Gasteiger charge is 2.26. The van der Waals surface area contributed by atoms with E-state index >= 15 is 0 Å². The van der Waals surface area contributed by atoms with Crippen molar-refractivity contribution in [1.82, 2.24) is 14.9 Å². The lowest BCUT2D eigenvalue weighted by Crippen LogP contribution is -2.21. The van der Waals surface area contributed by atoms with Crippen LogP contribution in [0.25, 0.3) is 10.9 Å². The Balaban J connectivity index is 2.92. The lowest BCUT2D eigenvalue weighted by Gasteiger charge is -2.04. The van der Waals surface area contributed by atoms with Crippen LogP contribution in [0.3, 0.4) is 0 Å². The lowest BCUT2D eigenvalue weighted by molar-refractivity contribution is 0.0956. The van der Waals surface area contributed by atoms with Crippen molar-refractivity contribution in [2.45, 2.75) is 5.03 Å². The Morgan fingerprint density at radius 1 is 1.53 bits per heavy atom. The van der Waals surface area contributed by atoms with Crippen LogP contribution < -0.4 is 5.32 Å². The van der Waals surface area contributed by atoms with Gasteiger partial charge in [0.1, 0.15) is 5.69 Å². The van der Waals surface area contributed by atoms with Crippen LogP contribution in [0.2, 0.25) is 0 Å². The first-order valence-corrected chi connectivity index (χ1v) is 7.01. The minimum Gasteiger partial charge on any atom is -0.359 e. The van der Waals surface area contributed by atoms with E-state index in [-0.39, 0.29) is 16.6 Å². The van der Waals surface area contributed by atoms with Crippen LogP contribution in [0.1, 0.15) is 10.5 Å². The Morgan fingerprint density at radius 3 is 2.71 bits per heavy atom. The predicted octanol–water partition coefficient (Wildman–Crippen LogP) is 0.793. The Kier molecular flexibility index (Phi) is 2.67. The average molecular weight is 276 g/mol. The molecule has 0 radical (unpaired) electrons.